The third-order valence-corrected chi connectivity index (χ3v) is 4.55. The lowest BCUT2D eigenvalue weighted by molar-refractivity contribution is 0.680. The van der Waals surface area contributed by atoms with Crippen LogP contribution < -0.4 is 10.9 Å². The maximum absolute atomic E-state index is 11.3. The molecule has 3 rings (SSSR count). The summed E-state index contributed by atoms with van der Waals surface area (Å²) in [6.07, 6.45) is 4.07. The Bertz CT molecular complexity index is 669. The van der Waals surface area contributed by atoms with E-state index in [2.05, 4.69) is 37.3 Å². The summed E-state index contributed by atoms with van der Waals surface area (Å²) >= 11 is 4.99. The van der Waals surface area contributed by atoms with Crippen LogP contribution in [0.3, 0.4) is 0 Å². The highest BCUT2D eigenvalue weighted by molar-refractivity contribution is 9.10. The number of nitrogens with one attached hydrogen (secondary N) is 2. The van der Waals surface area contributed by atoms with Crippen LogP contribution in [-0.2, 0) is 6.54 Å². The molecular weight excluding hydrogens is 338 g/mol. The molecule has 6 heteroatoms. The number of aromatic nitrogens is 2. The van der Waals surface area contributed by atoms with Crippen molar-refractivity contribution in [1.29, 1.82) is 0 Å². The highest BCUT2D eigenvalue weighted by Crippen LogP contribution is 2.30. The molecule has 0 saturated heterocycles. The maximum Gasteiger partial charge on any atom is 0.251 e. The van der Waals surface area contributed by atoms with Gasteiger partial charge < -0.3 is 10.3 Å². The van der Waals surface area contributed by atoms with E-state index >= 15 is 0 Å². The topological polar surface area (TPSA) is 57.8 Å². The molecule has 1 aliphatic carbocycles. The summed E-state index contributed by atoms with van der Waals surface area (Å²) in [6, 6.07) is 8.25. The first-order chi connectivity index (χ1) is 9.70. The Morgan fingerprint density at radius 2 is 2.25 bits per heavy atom. The zero-order valence-corrected chi connectivity index (χ0v) is 13.1. The van der Waals surface area contributed by atoms with Gasteiger partial charge in [0.1, 0.15) is 0 Å². The molecule has 0 atom stereocenters. The Hall–Kier alpha value is -1.11. The second-order valence-corrected chi connectivity index (χ2v) is 6.69. The molecule has 1 heterocycles. The normalized spacial score (nSPS) is 14.4. The molecule has 1 aromatic heterocycles. The molecule has 0 bridgehead atoms. The Balaban J connectivity index is 1.81. The summed E-state index contributed by atoms with van der Waals surface area (Å²) in [7, 11) is 0. The largest absolute Gasteiger partial charge is 0.310 e. The number of H-pyrrole nitrogens is 1. The average molecular weight is 352 g/mol. The van der Waals surface area contributed by atoms with E-state index < -0.39 is 0 Å². The quantitative estimate of drug-likeness (QED) is 0.813. The molecule has 0 spiro atoms. The van der Waals surface area contributed by atoms with Crippen molar-refractivity contribution in [3.8, 4) is 0 Å². The van der Waals surface area contributed by atoms with E-state index in [-0.39, 0.29) is 5.56 Å². The smallest absolute Gasteiger partial charge is 0.251 e. The van der Waals surface area contributed by atoms with Gasteiger partial charge in [-0.25, -0.2) is 4.98 Å². The summed E-state index contributed by atoms with van der Waals surface area (Å²) in [5.41, 5.74) is 1.08. The van der Waals surface area contributed by atoms with E-state index in [1.54, 1.807) is 0 Å². The monoisotopic (exact) mass is 351 g/mol. The fourth-order valence-corrected chi connectivity index (χ4v) is 3.12. The summed E-state index contributed by atoms with van der Waals surface area (Å²) in [5, 5.41) is 4.13. The van der Waals surface area contributed by atoms with Gasteiger partial charge in [-0.05, 0) is 36.6 Å². The Labute approximate surface area is 129 Å². The van der Waals surface area contributed by atoms with Crippen LogP contribution in [0.15, 0.2) is 49.8 Å². The number of rotatable bonds is 5. The number of halogens is 1. The van der Waals surface area contributed by atoms with Gasteiger partial charge in [0.05, 0.1) is 0 Å². The molecule has 0 radical (unpaired) electrons. The molecule has 4 nitrogen and oxygen atoms in total. The van der Waals surface area contributed by atoms with E-state index in [0.717, 1.165) is 15.9 Å². The summed E-state index contributed by atoms with van der Waals surface area (Å²) < 4.78 is 1.06. The molecule has 104 valence electrons. The minimum absolute atomic E-state index is 0.128. The summed E-state index contributed by atoms with van der Waals surface area (Å²) in [4.78, 5) is 19.3. The predicted molar refractivity (Wildman–Crippen MR) is 83.0 cm³/mol. The fraction of sp³-hybridized carbons (Fsp3) is 0.286. The van der Waals surface area contributed by atoms with Gasteiger partial charge in [-0.2, -0.15) is 0 Å². The van der Waals surface area contributed by atoms with E-state index in [0.29, 0.717) is 11.2 Å². The van der Waals surface area contributed by atoms with Gasteiger partial charge in [-0.1, -0.05) is 27.7 Å². The molecule has 1 fully saturated rings. The van der Waals surface area contributed by atoms with Crippen LogP contribution in [0.5, 0.6) is 0 Å². The van der Waals surface area contributed by atoms with E-state index in [4.69, 9.17) is 0 Å². The third kappa shape index (κ3) is 3.71. The van der Waals surface area contributed by atoms with Gasteiger partial charge in [0.2, 0.25) is 0 Å². The number of nitrogens with zero attached hydrogens (tertiary/aromatic N) is 1. The van der Waals surface area contributed by atoms with Gasteiger partial charge in [-0.3, -0.25) is 4.79 Å². The number of aromatic amines is 1. The number of hydrogen-bond acceptors (Lipinski definition) is 4. The molecule has 1 aromatic carbocycles. The standard InChI is InChI=1S/C14H14BrN3OS/c15-10-1-4-12(9(7-10)8-17-11-2-3-11)20-14-16-6-5-13(19)18-14/h1,4-7,11,17H,2-3,8H2,(H,16,18,19). The van der Waals surface area contributed by atoms with Crippen LogP contribution in [0.4, 0.5) is 0 Å². The van der Waals surface area contributed by atoms with Gasteiger partial charge >= 0.3 is 0 Å². The van der Waals surface area contributed by atoms with Crippen LogP contribution in [0.25, 0.3) is 0 Å². The second-order valence-electron chi connectivity index (χ2n) is 4.75. The van der Waals surface area contributed by atoms with Crippen molar-refractivity contribution < 1.29 is 0 Å². The van der Waals surface area contributed by atoms with Gasteiger partial charge in [-0.15, -0.1) is 0 Å². The lowest BCUT2D eigenvalue weighted by Crippen LogP contribution is -2.16. The molecule has 0 unspecified atom stereocenters. The lowest BCUT2D eigenvalue weighted by Gasteiger charge is -2.10. The Morgan fingerprint density at radius 3 is 3.00 bits per heavy atom. The van der Waals surface area contributed by atoms with E-state index in [1.807, 2.05) is 12.1 Å². The van der Waals surface area contributed by atoms with E-state index in [9.17, 15) is 4.79 Å². The molecule has 1 aliphatic rings. The van der Waals surface area contributed by atoms with Crippen molar-refractivity contribution in [3.63, 3.8) is 0 Å². The van der Waals surface area contributed by atoms with Crippen molar-refractivity contribution in [2.24, 2.45) is 0 Å². The minimum atomic E-state index is -0.128. The van der Waals surface area contributed by atoms with E-state index in [1.165, 1.54) is 42.4 Å². The first-order valence-electron chi connectivity index (χ1n) is 6.46. The summed E-state index contributed by atoms with van der Waals surface area (Å²) in [5.74, 6) is 0. The average Bonchev–Trinajstić information content (AvgIpc) is 3.23. The van der Waals surface area contributed by atoms with Gasteiger partial charge in [0, 0.05) is 34.2 Å². The predicted octanol–water partition coefficient (Wildman–Crippen LogP) is 2.94. The zero-order valence-electron chi connectivity index (χ0n) is 10.7. The van der Waals surface area contributed by atoms with Crippen LogP contribution in [0.2, 0.25) is 0 Å². The van der Waals surface area contributed by atoms with Crippen molar-refractivity contribution >= 4 is 27.7 Å². The number of hydrogen-bond donors (Lipinski definition) is 2. The Morgan fingerprint density at radius 1 is 1.40 bits per heavy atom. The zero-order chi connectivity index (χ0) is 13.9. The second kappa shape index (κ2) is 6.11. The molecule has 2 N–H and O–H groups in total. The maximum atomic E-state index is 11.3. The van der Waals surface area contributed by atoms with Crippen LogP contribution in [0, 0.1) is 0 Å². The number of benzene rings is 1. The SMILES string of the molecule is O=c1ccnc(Sc2ccc(Br)cc2CNC2CC2)[nH]1. The highest BCUT2D eigenvalue weighted by Gasteiger charge is 2.20. The lowest BCUT2D eigenvalue weighted by atomic mass is 10.2. The van der Waals surface area contributed by atoms with Crippen LogP contribution in [0.1, 0.15) is 18.4 Å². The first kappa shape index (κ1) is 13.9. The molecule has 20 heavy (non-hydrogen) atoms. The minimum Gasteiger partial charge on any atom is -0.310 e. The molecular formula is C14H14BrN3OS. The van der Waals surface area contributed by atoms with Crippen LogP contribution in [-0.4, -0.2) is 16.0 Å². The first-order valence-corrected chi connectivity index (χ1v) is 8.06. The fourth-order valence-electron chi connectivity index (χ4n) is 1.84. The van der Waals surface area contributed by atoms with Crippen LogP contribution >= 0.6 is 27.7 Å². The molecule has 0 aliphatic heterocycles. The van der Waals surface area contributed by atoms with Gasteiger partial charge in [0.25, 0.3) is 5.56 Å². The molecule has 2 aromatic rings. The summed E-state index contributed by atoms with van der Waals surface area (Å²) in [6.45, 7) is 0.837. The molecule has 1 saturated carbocycles. The Kier molecular flexibility index (Phi) is 4.24. The van der Waals surface area contributed by atoms with Crippen molar-refractivity contribution in [1.82, 2.24) is 15.3 Å². The molecule has 0 amide bonds. The van der Waals surface area contributed by atoms with Crippen molar-refractivity contribution in [3.05, 3.63) is 50.9 Å². The van der Waals surface area contributed by atoms with Gasteiger partial charge in [0.15, 0.2) is 5.16 Å². The highest BCUT2D eigenvalue weighted by atomic mass is 79.9. The van der Waals surface area contributed by atoms with Crippen molar-refractivity contribution in [2.75, 3.05) is 0 Å². The third-order valence-electron chi connectivity index (χ3n) is 3.04. The van der Waals surface area contributed by atoms with Crippen molar-refractivity contribution in [2.45, 2.75) is 35.5 Å².